The molecule has 1 aromatic carbocycles. The third kappa shape index (κ3) is 1.62. The lowest BCUT2D eigenvalue weighted by Gasteiger charge is -2.19. The Kier molecular flexibility index (Phi) is 2.13. The van der Waals surface area contributed by atoms with E-state index in [9.17, 15) is 0 Å². The normalized spacial score (nSPS) is 14.7. The number of hydrogen-bond donors (Lipinski definition) is 0. The molecule has 2 heteroatoms. The minimum atomic E-state index is 0.538. The van der Waals surface area contributed by atoms with Gasteiger partial charge in [0.2, 0.25) is 0 Å². The molecule has 1 aromatic rings. The smallest absolute Gasteiger partial charge is 0.161 e. The molecule has 1 aliphatic rings. The quantitative estimate of drug-likeness (QED) is 0.658. The Hall–Kier alpha value is -1.18. The van der Waals surface area contributed by atoms with Crippen LogP contribution in [0, 0.1) is 0 Å². The molecule has 2 nitrogen and oxygen atoms in total. The molecule has 0 atom stereocenters. The third-order valence-corrected chi connectivity index (χ3v) is 2.23. The van der Waals surface area contributed by atoms with Crippen molar-refractivity contribution < 1.29 is 9.47 Å². The molecule has 1 heterocycles. The first-order chi connectivity index (χ1) is 6.27. The van der Waals surface area contributed by atoms with Crippen LogP contribution in [-0.4, -0.2) is 13.2 Å². The van der Waals surface area contributed by atoms with Gasteiger partial charge < -0.3 is 9.47 Å². The average molecular weight is 178 g/mol. The van der Waals surface area contributed by atoms with Crippen molar-refractivity contribution in [2.75, 3.05) is 13.2 Å². The predicted molar refractivity (Wildman–Crippen MR) is 51.5 cm³/mol. The maximum Gasteiger partial charge on any atom is 0.161 e. The van der Waals surface area contributed by atoms with Gasteiger partial charge in [-0.1, -0.05) is 19.9 Å². The van der Waals surface area contributed by atoms with Gasteiger partial charge in [-0.3, -0.25) is 0 Å². The monoisotopic (exact) mass is 178 g/mol. The van der Waals surface area contributed by atoms with E-state index in [2.05, 4.69) is 26.0 Å². The van der Waals surface area contributed by atoms with Gasteiger partial charge in [-0.15, -0.1) is 0 Å². The van der Waals surface area contributed by atoms with Crippen molar-refractivity contribution >= 4 is 0 Å². The lowest BCUT2D eigenvalue weighted by Crippen LogP contribution is -2.15. The summed E-state index contributed by atoms with van der Waals surface area (Å²) in [6, 6.07) is 6.15. The Morgan fingerprint density at radius 1 is 1.08 bits per heavy atom. The fourth-order valence-electron chi connectivity index (χ4n) is 1.42. The van der Waals surface area contributed by atoms with E-state index in [1.807, 2.05) is 6.07 Å². The molecule has 0 saturated carbocycles. The standard InChI is InChI=1S/C11H14O2/c1-8(2)9-3-4-10-11(7-9)13-6-5-12-10/h3-4,7-8H,5-6H2,1-2H3. The van der Waals surface area contributed by atoms with Crippen molar-refractivity contribution in [3.05, 3.63) is 23.8 Å². The molecule has 0 spiro atoms. The summed E-state index contributed by atoms with van der Waals surface area (Å²) in [6.07, 6.45) is 0. The van der Waals surface area contributed by atoms with Gasteiger partial charge in [0.25, 0.3) is 0 Å². The summed E-state index contributed by atoms with van der Waals surface area (Å²) >= 11 is 0. The molecule has 0 radical (unpaired) electrons. The Labute approximate surface area is 78.5 Å². The number of benzene rings is 1. The maximum atomic E-state index is 5.49. The Balaban J connectivity index is 2.35. The van der Waals surface area contributed by atoms with Crippen molar-refractivity contribution in [1.29, 1.82) is 0 Å². The zero-order valence-corrected chi connectivity index (χ0v) is 8.04. The van der Waals surface area contributed by atoms with Crippen LogP contribution in [0.2, 0.25) is 0 Å². The molecule has 13 heavy (non-hydrogen) atoms. The largest absolute Gasteiger partial charge is 0.486 e. The van der Waals surface area contributed by atoms with Crippen molar-refractivity contribution in [2.24, 2.45) is 0 Å². The molecular weight excluding hydrogens is 164 g/mol. The van der Waals surface area contributed by atoms with Crippen molar-refractivity contribution in [2.45, 2.75) is 19.8 Å². The fraction of sp³-hybridized carbons (Fsp3) is 0.455. The molecule has 0 bridgehead atoms. The average Bonchev–Trinajstić information content (AvgIpc) is 2.17. The van der Waals surface area contributed by atoms with E-state index in [1.54, 1.807) is 0 Å². The van der Waals surface area contributed by atoms with Crippen LogP contribution in [-0.2, 0) is 0 Å². The number of fused-ring (bicyclic) bond motifs is 1. The highest BCUT2D eigenvalue weighted by Gasteiger charge is 2.12. The second-order valence-electron chi connectivity index (χ2n) is 3.56. The van der Waals surface area contributed by atoms with Gasteiger partial charge >= 0.3 is 0 Å². The molecule has 0 aromatic heterocycles. The van der Waals surface area contributed by atoms with Gasteiger partial charge in [0.1, 0.15) is 13.2 Å². The fourth-order valence-corrected chi connectivity index (χ4v) is 1.42. The molecule has 0 amide bonds. The van der Waals surface area contributed by atoms with E-state index in [0.29, 0.717) is 19.1 Å². The minimum Gasteiger partial charge on any atom is -0.486 e. The van der Waals surface area contributed by atoms with Crippen LogP contribution in [0.1, 0.15) is 25.3 Å². The highest BCUT2D eigenvalue weighted by molar-refractivity contribution is 5.44. The minimum absolute atomic E-state index is 0.538. The van der Waals surface area contributed by atoms with E-state index in [1.165, 1.54) is 5.56 Å². The first-order valence-corrected chi connectivity index (χ1v) is 4.67. The Bertz CT molecular complexity index is 305. The number of rotatable bonds is 1. The lowest BCUT2D eigenvalue weighted by atomic mass is 10.0. The maximum absolute atomic E-state index is 5.49. The van der Waals surface area contributed by atoms with Crippen molar-refractivity contribution in [3.63, 3.8) is 0 Å². The van der Waals surface area contributed by atoms with E-state index in [-0.39, 0.29) is 0 Å². The van der Waals surface area contributed by atoms with Crippen LogP contribution in [0.4, 0.5) is 0 Å². The van der Waals surface area contributed by atoms with Crippen LogP contribution < -0.4 is 9.47 Å². The summed E-state index contributed by atoms with van der Waals surface area (Å²) < 4.78 is 10.9. The molecule has 70 valence electrons. The zero-order chi connectivity index (χ0) is 9.26. The second-order valence-corrected chi connectivity index (χ2v) is 3.56. The Morgan fingerprint density at radius 3 is 2.46 bits per heavy atom. The highest BCUT2D eigenvalue weighted by Crippen LogP contribution is 2.32. The van der Waals surface area contributed by atoms with Gasteiger partial charge in [-0.2, -0.15) is 0 Å². The van der Waals surface area contributed by atoms with E-state index in [4.69, 9.17) is 9.47 Å². The lowest BCUT2D eigenvalue weighted by molar-refractivity contribution is 0.171. The summed E-state index contributed by atoms with van der Waals surface area (Å²) in [5, 5.41) is 0. The zero-order valence-electron chi connectivity index (χ0n) is 8.04. The Morgan fingerprint density at radius 2 is 1.77 bits per heavy atom. The van der Waals surface area contributed by atoms with Crippen LogP contribution in [0.5, 0.6) is 11.5 Å². The first-order valence-electron chi connectivity index (χ1n) is 4.67. The summed E-state index contributed by atoms with van der Waals surface area (Å²) in [6.45, 7) is 5.67. The van der Waals surface area contributed by atoms with Crippen LogP contribution in [0.3, 0.4) is 0 Å². The molecule has 0 unspecified atom stereocenters. The summed E-state index contributed by atoms with van der Waals surface area (Å²) in [5.74, 6) is 2.30. The molecular formula is C11H14O2. The van der Waals surface area contributed by atoms with E-state index in [0.717, 1.165) is 11.5 Å². The first kappa shape index (κ1) is 8.42. The van der Waals surface area contributed by atoms with Crippen molar-refractivity contribution in [1.82, 2.24) is 0 Å². The molecule has 0 aliphatic carbocycles. The topological polar surface area (TPSA) is 18.5 Å². The summed E-state index contributed by atoms with van der Waals surface area (Å²) in [7, 11) is 0. The molecule has 0 N–H and O–H groups in total. The van der Waals surface area contributed by atoms with Gasteiger partial charge in [-0.05, 0) is 23.6 Å². The van der Waals surface area contributed by atoms with Gasteiger partial charge in [0.05, 0.1) is 0 Å². The molecule has 2 rings (SSSR count). The summed E-state index contributed by atoms with van der Waals surface area (Å²) in [5.41, 5.74) is 1.30. The third-order valence-electron chi connectivity index (χ3n) is 2.23. The van der Waals surface area contributed by atoms with E-state index >= 15 is 0 Å². The highest BCUT2D eigenvalue weighted by atomic mass is 16.6. The van der Waals surface area contributed by atoms with Crippen LogP contribution in [0.25, 0.3) is 0 Å². The van der Waals surface area contributed by atoms with Gasteiger partial charge in [0.15, 0.2) is 11.5 Å². The van der Waals surface area contributed by atoms with Gasteiger partial charge in [-0.25, -0.2) is 0 Å². The van der Waals surface area contributed by atoms with Crippen LogP contribution >= 0.6 is 0 Å². The predicted octanol–water partition coefficient (Wildman–Crippen LogP) is 2.58. The molecule has 0 saturated heterocycles. The number of hydrogen-bond acceptors (Lipinski definition) is 2. The van der Waals surface area contributed by atoms with E-state index < -0.39 is 0 Å². The molecule has 1 aliphatic heterocycles. The second kappa shape index (κ2) is 3.29. The number of ether oxygens (including phenoxy) is 2. The van der Waals surface area contributed by atoms with Gasteiger partial charge in [0, 0.05) is 0 Å². The van der Waals surface area contributed by atoms with Crippen LogP contribution in [0.15, 0.2) is 18.2 Å². The van der Waals surface area contributed by atoms with Crippen molar-refractivity contribution in [3.8, 4) is 11.5 Å². The SMILES string of the molecule is CC(C)c1ccc2c(c1)OCCO2. The molecule has 0 fully saturated rings. The summed E-state index contributed by atoms with van der Waals surface area (Å²) in [4.78, 5) is 0.